The van der Waals surface area contributed by atoms with Gasteiger partial charge in [-0.05, 0) is 47.5 Å². The predicted molar refractivity (Wildman–Crippen MR) is 112 cm³/mol. The molecular formula is C22H21N3O5. The SMILES string of the molecule is COc1ccc(-c2ccc3nnc(-c4cc(OC)c(OC)c(OC)c4)n3c2)cc1O. The maximum atomic E-state index is 10.1. The Morgan fingerprint density at radius 3 is 1.97 bits per heavy atom. The fourth-order valence-electron chi connectivity index (χ4n) is 3.34. The Labute approximate surface area is 173 Å². The number of phenolic OH excluding ortho intramolecular Hbond substituents is 1. The van der Waals surface area contributed by atoms with Crippen LogP contribution in [0.2, 0.25) is 0 Å². The molecule has 0 aliphatic rings. The summed E-state index contributed by atoms with van der Waals surface area (Å²) >= 11 is 0. The van der Waals surface area contributed by atoms with Crippen LogP contribution in [0.5, 0.6) is 28.7 Å². The van der Waals surface area contributed by atoms with Crippen molar-refractivity contribution in [3.63, 3.8) is 0 Å². The Morgan fingerprint density at radius 1 is 0.700 bits per heavy atom. The minimum absolute atomic E-state index is 0.0729. The molecule has 0 saturated heterocycles. The third-order valence-corrected chi connectivity index (χ3v) is 4.84. The van der Waals surface area contributed by atoms with E-state index in [-0.39, 0.29) is 5.75 Å². The first-order chi connectivity index (χ1) is 14.6. The summed E-state index contributed by atoms with van der Waals surface area (Å²) in [5.41, 5.74) is 3.15. The van der Waals surface area contributed by atoms with Crippen molar-refractivity contribution >= 4 is 5.65 Å². The number of hydrogen-bond donors (Lipinski definition) is 1. The van der Waals surface area contributed by atoms with Gasteiger partial charge in [0, 0.05) is 11.8 Å². The van der Waals surface area contributed by atoms with Gasteiger partial charge in [-0.2, -0.15) is 0 Å². The average molecular weight is 407 g/mol. The lowest BCUT2D eigenvalue weighted by Crippen LogP contribution is -1.97. The minimum atomic E-state index is 0.0729. The van der Waals surface area contributed by atoms with Gasteiger partial charge in [-0.3, -0.25) is 4.40 Å². The normalized spacial score (nSPS) is 10.8. The Kier molecular flexibility index (Phi) is 5.05. The number of aromatic nitrogens is 3. The highest BCUT2D eigenvalue weighted by Gasteiger charge is 2.17. The molecule has 4 rings (SSSR count). The van der Waals surface area contributed by atoms with Crippen molar-refractivity contribution < 1.29 is 24.1 Å². The number of methoxy groups -OCH3 is 4. The summed E-state index contributed by atoms with van der Waals surface area (Å²) in [7, 11) is 6.21. The molecule has 0 spiro atoms. The van der Waals surface area contributed by atoms with E-state index in [2.05, 4.69) is 10.2 Å². The fraction of sp³-hybridized carbons (Fsp3) is 0.182. The van der Waals surface area contributed by atoms with E-state index < -0.39 is 0 Å². The molecule has 8 nitrogen and oxygen atoms in total. The van der Waals surface area contributed by atoms with Gasteiger partial charge in [-0.1, -0.05) is 6.07 Å². The highest BCUT2D eigenvalue weighted by Crippen LogP contribution is 2.41. The molecule has 0 aliphatic heterocycles. The van der Waals surface area contributed by atoms with Crippen LogP contribution in [-0.2, 0) is 0 Å². The Balaban J connectivity index is 1.86. The molecule has 8 heteroatoms. The van der Waals surface area contributed by atoms with Gasteiger partial charge in [0.1, 0.15) is 0 Å². The fourth-order valence-corrected chi connectivity index (χ4v) is 3.34. The van der Waals surface area contributed by atoms with E-state index in [4.69, 9.17) is 18.9 Å². The second-order valence-electron chi connectivity index (χ2n) is 6.47. The van der Waals surface area contributed by atoms with Crippen LogP contribution in [0.3, 0.4) is 0 Å². The standard InChI is InChI=1S/C22H21N3O5/c1-27-17-7-5-13(9-16(17)26)14-6-8-20-23-24-22(25(20)12-14)15-10-18(28-2)21(30-4)19(11-15)29-3/h5-12,26H,1-4H3. The van der Waals surface area contributed by atoms with E-state index in [1.54, 1.807) is 33.5 Å². The molecule has 0 atom stereocenters. The maximum Gasteiger partial charge on any atom is 0.203 e. The zero-order valence-electron chi connectivity index (χ0n) is 17.0. The second kappa shape index (κ2) is 7.82. The summed E-state index contributed by atoms with van der Waals surface area (Å²) in [5.74, 6) is 2.67. The molecule has 154 valence electrons. The number of rotatable bonds is 6. The zero-order chi connectivity index (χ0) is 21.3. The number of benzene rings is 2. The lowest BCUT2D eigenvalue weighted by Gasteiger charge is -2.13. The smallest absolute Gasteiger partial charge is 0.203 e. The van der Waals surface area contributed by atoms with Crippen LogP contribution in [-0.4, -0.2) is 48.1 Å². The molecule has 0 fully saturated rings. The van der Waals surface area contributed by atoms with Gasteiger partial charge in [0.25, 0.3) is 0 Å². The van der Waals surface area contributed by atoms with E-state index in [1.807, 2.05) is 40.9 Å². The number of pyridine rings is 1. The molecule has 1 N–H and O–H groups in total. The van der Waals surface area contributed by atoms with Crippen molar-refractivity contribution in [2.45, 2.75) is 0 Å². The van der Waals surface area contributed by atoms with E-state index in [0.717, 1.165) is 16.7 Å². The summed E-state index contributed by atoms with van der Waals surface area (Å²) in [4.78, 5) is 0. The molecule has 2 heterocycles. The van der Waals surface area contributed by atoms with Crippen molar-refractivity contribution in [1.82, 2.24) is 14.6 Å². The highest BCUT2D eigenvalue weighted by atomic mass is 16.5. The molecule has 0 amide bonds. The molecule has 0 unspecified atom stereocenters. The summed E-state index contributed by atoms with van der Waals surface area (Å²) < 4.78 is 23.3. The van der Waals surface area contributed by atoms with E-state index in [1.165, 1.54) is 7.11 Å². The zero-order valence-corrected chi connectivity index (χ0v) is 17.0. The Hall–Kier alpha value is -3.94. The first kappa shape index (κ1) is 19.4. The highest BCUT2D eigenvalue weighted by molar-refractivity contribution is 5.71. The Morgan fingerprint density at radius 2 is 1.37 bits per heavy atom. The molecule has 2 aromatic heterocycles. The van der Waals surface area contributed by atoms with E-state index in [0.29, 0.717) is 34.5 Å². The van der Waals surface area contributed by atoms with Gasteiger partial charge < -0.3 is 24.1 Å². The van der Waals surface area contributed by atoms with Crippen LogP contribution in [0.4, 0.5) is 0 Å². The van der Waals surface area contributed by atoms with Crippen LogP contribution < -0.4 is 18.9 Å². The molecule has 0 bridgehead atoms. The van der Waals surface area contributed by atoms with Gasteiger partial charge in [0.2, 0.25) is 5.75 Å². The van der Waals surface area contributed by atoms with E-state index in [9.17, 15) is 5.11 Å². The van der Waals surface area contributed by atoms with Crippen molar-refractivity contribution in [2.24, 2.45) is 0 Å². The van der Waals surface area contributed by atoms with Gasteiger partial charge >= 0.3 is 0 Å². The third kappa shape index (κ3) is 3.22. The van der Waals surface area contributed by atoms with Crippen LogP contribution >= 0.6 is 0 Å². The topological polar surface area (TPSA) is 87.3 Å². The molecule has 0 radical (unpaired) electrons. The number of hydrogen-bond acceptors (Lipinski definition) is 7. The number of nitrogens with zero attached hydrogens (tertiary/aromatic N) is 3. The molecule has 0 aliphatic carbocycles. The largest absolute Gasteiger partial charge is 0.504 e. The van der Waals surface area contributed by atoms with Crippen molar-refractivity contribution in [3.05, 3.63) is 48.7 Å². The molecule has 2 aromatic carbocycles. The van der Waals surface area contributed by atoms with Gasteiger partial charge in [-0.25, -0.2) is 0 Å². The molecule has 0 saturated carbocycles. The average Bonchev–Trinajstić information content (AvgIpc) is 3.21. The lowest BCUT2D eigenvalue weighted by atomic mass is 10.1. The maximum absolute atomic E-state index is 10.1. The molecule has 4 aromatic rings. The predicted octanol–water partition coefficient (Wildman–Crippen LogP) is 3.80. The molecular weight excluding hydrogens is 386 g/mol. The van der Waals surface area contributed by atoms with Crippen LogP contribution in [0.1, 0.15) is 0 Å². The monoisotopic (exact) mass is 407 g/mol. The Bertz CT molecular complexity index is 1190. The van der Waals surface area contributed by atoms with Crippen molar-refractivity contribution in [3.8, 4) is 51.3 Å². The van der Waals surface area contributed by atoms with Gasteiger partial charge in [-0.15, -0.1) is 10.2 Å². The van der Waals surface area contributed by atoms with Gasteiger partial charge in [0.15, 0.2) is 34.5 Å². The van der Waals surface area contributed by atoms with Crippen LogP contribution in [0.15, 0.2) is 48.7 Å². The van der Waals surface area contributed by atoms with Crippen molar-refractivity contribution in [1.29, 1.82) is 0 Å². The minimum Gasteiger partial charge on any atom is -0.504 e. The summed E-state index contributed by atoms with van der Waals surface area (Å²) in [5, 5.41) is 18.7. The quantitative estimate of drug-likeness (QED) is 0.520. The van der Waals surface area contributed by atoms with Crippen LogP contribution in [0.25, 0.3) is 28.2 Å². The molecule has 30 heavy (non-hydrogen) atoms. The van der Waals surface area contributed by atoms with Crippen molar-refractivity contribution in [2.75, 3.05) is 28.4 Å². The third-order valence-electron chi connectivity index (χ3n) is 4.84. The number of fused-ring (bicyclic) bond motifs is 1. The summed E-state index contributed by atoms with van der Waals surface area (Å²) in [6.07, 6.45) is 1.91. The summed E-state index contributed by atoms with van der Waals surface area (Å²) in [6.45, 7) is 0. The number of phenols is 1. The second-order valence-corrected chi connectivity index (χ2v) is 6.47. The summed E-state index contributed by atoms with van der Waals surface area (Å²) in [6, 6.07) is 12.7. The number of aromatic hydroxyl groups is 1. The van der Waals surface area contributed by atoms with Crippen LogP contribution in [0, 0.1) is 0 Å². The van der Waals surface area contributed by atoms with Gasteiger partial charge in [0.05, 0.1) is 28.4 Å². The number of ether oxygens (including phenoxy) is 4. The van der Waals surface area contributed by atoms with E-state index >= 15 is 0 Å². The lowest BCUT2D eigenvalue weighted by molar-refractivity contribution is 0.324. The first-order valence-electron chi connectivity index (χ1n) is 9.12. The first-order valence-corrected chi connectivity index (χ1v) is 9.12.